The third-order valence-corrected chi connectivity index (χ3v) is 3.80. The maximum absolute atomic E-state index is 5.81. The smallest absolute Gasteiger partial charge is 0.0730 e. The number of nitrogens with two attached hydrogens (primary N) is 1. The second-order valence-electron chi connectivity index (χ2n) is 5.08. The molecule has 0 spiro atoms. The van der Waals surface area contributed by atoms with E-state index in [0.29, 0.717) is 12.1 Å². The lowest BCUT2D eigenvalue weighted by Gasteiger charge is -2.39. The Morgan fingerprint density at radius 2 is 2.33 bits per heavy atom. The molecule has 0 radical (unpaired) electrons. The first kappa shape index (κ1) is 11.4. The Labute approximate surface area is 93.0 Å². The van der Waals surface area contributed by atoms with E-state index in [-0.39, 0.29) is 0 Å². The summed E-state index contributed by atoms with van der Waals surface area (Å²) in [6.45, 7) is 6.39. The van der Waals surface area contributed by atoms with Gasteiger partial charge in [-0.3, -0.25) is 4.90 Å². The number of rotatable bonds is 4. The van der Waals surface area contributed by atoms with Crippen molar-refractivity contribution in [2.45, 2.75) is 44.8 Å². The lowest BCUT2D eigenvalue weighted by atomic mass is 10.0. The number of morpholine rings is 1. The summed E-state index contributed by atoms with van der Waals surface area (Å²) in [6.07, 6.45) is 5.63. The van der Waals surface area contributed by atoms with Crippen molar-refractivity contribution in [1.29, 1.82) is 0 Å². The van der Waals surface area contributed by atoms with Gasteiger partial charge in [0.1, 0.15) is 0 Å². The van der Waals surface area contributed by atoms with Crippen molar-refractivity contribution in [3.63, 3.8) is 0 Å². The Hall–Kier alpha value is -0.120. The monoisotopic (exact) mass is 212 g/mol. The Kier molecular flexibility index (Phi) is 4.00. The van der Waals surface area contributed by atoms with Crippen LogP contribution in [0.1, 0.15) is 32.6 Å². The van der Waals surface area contributed by atoms with E-state index < -0.39 is 0 Å². The molecule has 88 valence electrons. The van der Waals surface area contributed by atoms with Gasteiger partial charge < -0.3 is 10.5 Å². The molecule has 2 aliphatic rings. The Balaban J connectivity index is 1.84. The van der Waals surface area contributed by atoms with Crippen LogP contribution in [0.4, 0.5) is 0 Å². The van der Waals surface area contributed by atoms with E-state index in [0.717, 1.165) is 32.0 Å². The molecule has 3 unspecified atom stereocenters. The molecule has 3 atom stereocenters. The molecule has 0 amide bonds. The van der Waals surface area contributed by atoms with E-state index in [9.17, 15) is 0 Å². The predicted octanol–water partition coefficient (Wildman–Crippen LogP) is 1.22. The topological polar surface area (TPSA) is 38.5 Å². The van der Waals surface area contributed by atoms with E-state index in [4.69, 9.17) is 10.5 Å². The van der Waals surface area contributed by atoms with Crippen LogP contribution in [0.25, 0.3) is 0 Å². The lowest BCUT2D eigenvalue weighted by Crippen LogP contribution is -2.49. The zero-order valence-electron chi connectivity index (χ0n) is 9.82. The Morgan fingerprint density at radius 3 is 3.13 bits per heavy atom. The zero-order chi connectivity index (χ0) is 10.7. The minimum atomic E-state index is 0.531. The fraction of sp³-hybridized carbons (Fsp3) is 1.00. The van der Waals surface area contributed by atoms with Crippen LogP contribution in [-0.4, -0.2) is 43.3 Å². The van der Waals surface area contributed by atoms with Gasteiger partial charge in [0.05, 0.1) is 12.7 Å². The molecular formula is C12H24N2O. The van der Waals surface area contributed by atoms with Gasteiger partial charge in [0, 0.05) is 19.1 Å². The summed E-state index contributed by atoms with van der Waals surface area (Å²) >= 11 is 0. The molecule has 2 fully saturated rings. The highest BCUT2D eigenvalue weighted by Gasteiger charge is 2.36. The SMILES string of the molecule is CC(CCN)CN1CCOC2CCCC21. The molecule has 0 aromatic carbocycles. The maximum atomic E-state index is 5.81. The first-order valence-corrected chi connectivity index (χ1v) is 6.37. The highest BCUT2D eigenvalue weighted by atomic mass is 16.5. The van der Waals surface area contributed by atoms with Crippen LogP contribution in [-0.2, 0) is 4.74 Å². The summed E-state index contributed by atoms with van der Waals surface area (Å²) in [4.78, 5) is 2.64. The molecule has 2 N–H and O–H groups in total. The zero-order valence-corrected chi connectivity index (χ0v) is 9.82. The quantitative estimate of drug-likeness (QED) is 0.761. The van der Waals surface area contributed by atoms with Crippen molar-refractivity contribution >= 4 is 0 Å². The number of hydrogen-bond donors (Lipinski definition) is 1. The molecule has 3 heteroatoms. The molecule has 15 heavy (non-hydrogen) atoms. The summed E-state index contributed by atoms with van der Waals surface area (Å²) in [5.41, 5.74) is 5.60. The van der Waals surface area contributed by atoms with Crippen molar-refractivity contribution in [1.82, 2.24) is 4.90 Å². The average Bonchev–Trinajstić information content (AvgIpc) is 2.67. The third-order valence-electron chi connectivity index (χ3n) is 3.80. The van der Waals surface area contributed by atoms with Crippen molar-refractivity contribution < 1.29 is 4.74 Å². The van der Waals surface area contributed by atoms with Crippen molar-refractivity contribution in [3.8, 4) is 0 Å². The second kappa shape index (κ2) is 5.28. The highest BCUT2D eigenvalue weighted by molar-refractivity contribution is 4.89. The first-order chi connectivity index (χ1) is 7.31. The maximum Gasteiger partial charge on any atom is 0.0730 e. The first-order valence-electron chi connectivity index (χ1n) is 6.37. The van der Waals surface area contributed by atoms with Gasteiger partial charge in [0.25, 0.3) is 0 Å². The van der Waals surface area contributed by atoms with Crippen molar-refractivity contribution in [2.24, 2.45) is 11.7 Å². The van der Waals surface area contributed by atoms with Gasteiger partial charge in [0.15, 0.2) is 0 Å². The van der Waals surface area contributed by atoms with Crippen LogP contribution >= 0.6 is 0 Å². The molecule has 0 bridgehead atoms. The van der Waals surface area contributed by atoms with E-state index in [1.165, 1.54) is 25.8 Å². The van der Waals surface area contributed by atoms with Crippen molar-refractivity contribution in [3.05, 3.63) is 0 Å². The summed E-state index contributed by atoms with van der Waals surface area (Å²) in [6, 6.07) is 0.707. The van der Waals surface area contributed by atoms with E-state index in [1.807, 2.05) is 0 Å². The van der Waals surface area contributed by atoms with E-state index >= 15 is 0 Å². The standard InChI is InChI=1S/C12H24N2O/c1-10(5-6-13)9-14-7-8-15-12-4-2-3-11(12)14/h10-12H,2-9,13H2,1H3. The van der Waals surface area contributed by atoms with Crippen molar-refractivity contribution in [2.75, 3.05) is 26.2 Å². The van der Waals surface area contributed by atoms with Crippen LogP contribution in [0.3, 0.4) is 0 Å². The lowest BCUT2D eigenvalue weighted by molar-refractivity contribution is -0.0597. The molecule has 1 heterocycles. The van der Waals surface area contributed by atoms with Crippen LogP contribution < -0.4 is 5.73 Å². The molecule has 2 rings (SSSR count). The highest BCUT2D eigenvalue weighted by Crippen LogP contribution is 2.30. The van der Waals surface area contributed by atoms with E-state index in [1.54, 1.807) is 0 Å². The number of hydrogen-bond acceptors (Lipinski definition) is 3. The molecule has 3 nitrogen and oxygen atoms in total. The van der Waals surface area contributed by atoms with E-state index in [2.05, 4.69) is 11.8 Å². The fourth-order valence-electron chi connectivity index (χ4n) is 3.01. The minimum absolute atomic E-state index is 0.531. The molecule has 1 saturated carbocycles. The average molecular weight is 212 g/mol. The number of nitrogens with zero attached hydrogens (tertiary/aromatic N) is 1. The molecular weight excluding hydrogens is 188 g/mol. The molecule has 1 aliphatic heterocycles. The second-order valence-corrected chi connectivity index (χ2v) is 5.08. The van der Waals surface area contributed by atoms with Crippen LogP contribution in [0, 0.1) is 5.92 Å². The molecule has 0 aromatic rings. The van der Waals surface area contributed by atoms with Crippen LogP contribution in [0.15, 0.2) is 0 Å². The summed E-state index contributed by atoms with van der Waals surface area (Å²) in [7, 11) is 0. The summed E-state index contributed by atoms with van der Waals surface area (Å²) < 4.78 is 5.81. The van der Waals surface area contributed by atoms with Crippen LogP contribution in [0.5, 0.6) is 0 Å². The molecule has 1 saturated heterocycles. The van der Waals surface area contributed by atoms with Gasteiger partial charge in [-0.25, -0.2) is 0 Å². The molecule has 1 aliphatic carbocycles. The minimum Gasteiger partial charge on any atom is -0.375 e. The third kappa shape index (κ3) is 2.71. The Bertz CT molecular complexity index is 198. The van der Waals surface area contributed by atoms with Gasteiger partial charge in [0.2, 0.25) is 0 Å². The summed E-state index contributed by atoms with van der Waals surface area (Å²) in [5.74, 6) is 0.731. The number of ether oxygens (including phenoxy) is 1. The normalized spacial score (nSPS) is 34.0. The summed E-state index contributed by atoms with van der Waals surface area (Å²) in [5, 5.41) is 0. The van der Waals surface area contributed by atoms with Gasteiger partial charge in [-0.1, -0.05) is 6.92 Å². The van der Waals surface area contributed by atoms with Gasteiger partial charge in [-0.05, 0) is 38.1 Å². The largest absolute Gasteiger partial charge is 0.375 e. The number of fused-ring (bicyclic) bond motifs is 1. The van der Waals surface area contributed by atoms with Gasteiger partial charge in [-0.15, -0.1) is 0 Å². The Morgan fingerprint density at radius 1 is 1.47 bits per heavy atom. The predicted molar refractivity (Wildman–Crippen MR) is 61.8 cm³/mol. The molecule has 0 aromatic heterocycles. The van der Waals surface area contributed by atoms with Gasteiger partial charge >= 0.3 is 0 Å². The fourth-order valence-corrected chi connectivity index (χ4v) is 3.01. The van der Waals surface area contributed by atoms with Gasteiger partial charge in [-0.2, -0.15) is 0 Å². The van der Waals surface area contributed by atoms with Crippen LogP contribution in [0.2, 0.25) is 0 Å².